The lowest BCUT2D eigenvalue weighted by Crippen LogP contribution is -2.57. The van der Waals surface area contributed by atoms with Crippen LogP contribution < -0.4 is 15.9 Å². The van der Waals surface area contributed by atoms with Crippen LogP contribution in [0.5, 0.6) is 0 Å². The summed E-state index contributed by atoms with van der Waals surface area (Å²) in [4.78, 5) is 28.5. The lowest BCUT2D eigenvalue weighted by atomic mass is 9.87. The van der Waals surface area contributed by atoms with E-state index in [9.17, 15) is 14.7 Å². The number of carboxylic acid groups (broad SMARTS) is 1. The number of hydrazone groups is 1. The van der Waals surface area contributed by atoms with Gasteiger partial charge in [0.2, 0.25) is 0 Å². The first-order valence-corrected chi connectivity index (χ1v) is 12.3. The maximum absolute atomic E-state index is 13.2. The number of thiocarbonyl (C=S) groups is 1. The predicted molar refractivity (Wildman–Crippen MR) is 142 cm³/mol. The zero-order valence-electron chi connectivity index (χ0n) is 21.4. The topological polar surface area (TPSA) is 101 Å². The largest absolute Gasteiger partial charge is 0.480 e. The second-order valence-corrected chi connectivity index (χ2v) is 10.3. The number of anilines is 1. The smallest absolute Gasteiger partial charge is 0.320 e. The number of carbonyl (C=O) groups excluding carboxylic acids is 1. The van der Waals surface area contributed by atoms with Crippen LogP contribution >= 0.6 is 12.2 Å². The van der Waals surface area contributed by atoms with Crippen molar-refractivity contribution in [1.82, 2.24) is 20.7 Å². The number of nitrogens with zero attached hydrogens (tertiary/aromatic N) is 4. The van der Waals surface area contributed by atoms with Crippen molar-refractivity contribution < 1.29 is 14.7 Å². The van der Waals surface area contributed by atoms with Crippen molar-refractivity contribution in [3.8, 4) is 0 Å². The van der Waals surface area contributed by atoms with E-state index in [4.69, 9.17) is 12.2 Å². The van der Waals surface area contributed by atoms with Crippen molar-refractivity contribution >= 4 is 40.6 Å². The molecule has 1 fully saturated rings. The quantitative estimate of drug-likeness (QED) is 0.312. The molecule has 1 atom stereocenters. The molecule has 2 heterocycles. The Kier molecular flexibility index (Phi) is 8.17. The zero-order chi connectivity index (χ0) is 25.9. The number of rotatable bonds is 6. The fourth-order valence-electron chi connectivity index (χ4n) is 4.33. The Labute approximate surface area is 212 Å². The first kappa shape index (κ1) is 26.6. The van der Waals surface area contributed by atoms with Gasteiger partial charge in [-0.25, -0.2) is 0 Å². The molecule has 2 aliphatic rings. The number of carbonyl (C=O) groups is 2. The van der Waals surface area contributed by atoms with Gasteiger partial charge in [-0.3, -0.25) is 19.9 Å². The first-order chi connectivity index (χ1) is 16.4. The van der Waals surface area contributed by atoms with E-state index in [2.05, 4.69) is 36.7 Å². The predicted octanol–water partition coefficient (Wildman–Crippen LogP) is 2.84. The van der Waals surface area contributed by atoms with E-state index in [1.807, 2.05) is 54.8 Å². The summed E-state index contributed by atoms with van der Waals surface area (Å²) in [5.74, 6) is -0.986. The van der Waals surface area contributed by atoms with Crippen LogP contribution in [-0.2, 0) is 15.0 Å². The van der Waals surface area contributed by atoms with Gasteiger partial charge in [0.05, 0.1) is 17.0 Å². The summed E-state index contributed by atoms with van der Waals surface area (Å²) in [7, 11) is 0. The summed E-state index contributed by atoms with van der Waals surface area (Å²) in [6.07, 6.45) is 0.568. The molecule has 0 bridgehead atoms. The third kappa shape index (κ3) is 5.99. The molecule has 3 rings (SSSR count). The van der Waals surface area contributed by atoms with Crippen molar-refractivity contribution in [2.75, 3.05) is 31.2 Å². The maximum Gasteiger partial charge on any atom is 0.320 e. The van der Waals surface area contributed by atoms with Crippen molar-refractivity contribution in [3.05, 3.63) is 41.1 Å². The molecule has 0 aliphatic carbocycles. The van der Waals surface area contributed by atoms with Crippen molar-refractivity contribution in [2.24, 2.45) is 5.10 Å². The van der Waals surface area contributed by atoms with Gasteiger partial charge in [0.1, 0.15) is 6.04 Å². The molecule has 3 N–H and O–H groups in total. The van der Waals surface area contributed by atoms with Gasteiger partial charge in [0, 0.05) is 31.9 Å². The molecule has 1 amide bonds. The average Bonchev–Trinajstić information content (AvgIpc) is 3.11. The third-order valence-electron chi connectivity index (χ3n) is 6.44. The Hall–Kier alpha value is -2.98. The molecule has 0 saturated carbocycles. The first-order valence-electron chi connectivity index (χ1n) is 11.9. The molecule has 0 radical (unpaired) electrons. The van der Waals surface area contributed by atoms with E-state index >= 15 is 0 Å². The van der Waals surface area contributed by atoms with Gasteiger partial charge in [-0.15, -0.1) is 0 Å². The molecule has 10 heteroatoms. The van der Waals surface area contributed by atoms with Crippen molar-refractivity contribution in [1.29, 1.82) is 0 Å². The lowest BCUT2D eigenvalue weighted by Gasteiger charge is -2.38. The number of hydrogen-bond acceptors (Lipinski definition) is 6. The Bertz CT molecular complexity index is 1040. The van der Waals surface area contributed by atoms with Gasteiger partial charge >= 0.3 is 5.97 Å². The van der Waals surface area contributed by atoms with Crippen LogP contribution in [0.4, 0.5) is 5.69 Å². The number of carboxylic acids is 1. The van der Waals surface area contributed by atoms with Gasteiger partial charge in [0.25, 0.3) is 5.91 Å². The Morgan fingerprint density at radius 1 is 1.14 bits per heavy atom. The number of aliphatic carboxylic acids is 1. The van der Waals surface area contributed by atoms with E-state index in [0.717, 1.165) is 5.69 Å². The minimum absolute atomic E-state index is 0.0308. The number of hydrazine groups is 1. The van der Waals surface area contributed by atoms with Gasteiger partial charge in [-0.2, -0.15) is 10.1 Å². The molecule has 190 valence electrons. The Balaban J connectivity index is 1.60. The van der Waals surface area contributed by atoms with Crippen LogP contribution in [0.25, 0.3) is 0 Å². The highest BCUT2D eigenvalue weighted by atomic mass is 32.1. The summed E-state index contributed by atoms with van der Waals surface area (Å²) in [5.41, 5.74) is 9.77. The highest BCUT2D eigenvalue weighted by Crippen LogP contribution is 2.28. The number of hydrogen-bond donors (Lipinski definition) is 3. The second kappa shape index (κ2) is 10.7. The molecular weight excluding hydrogens is 464 g/mol. The van der Waals surface area contributed by atoms with Crippen LogP contribution in [0.2, 0.25) is 0 Å². The van der Waals surface area contributed by atoms with Crippen LogP contribution in [-0.4, -0.2) is 69.8 Å². The van der Waals surface area contributed by atoms with E-state index in [-0.39, 0.29) is 11.3 Å². The number of amides is 1. The fourth-order valence-corrected chi connectivity index (χ4v) is 4.56. The molecule has 2 aliphatic heterocycles. The van der Waals surface area contributed by atoms with Crippen molar-refractivity contribution in [2.45, 2.75) is 59.4 Å². The normalized spacial score (nSPS) is 19.4. The highest BCUT2D eigenvalue weighted by molar-refractivity contribution is 7.80. The minimum atomic E-state index is -0.789. The SMILES string of the molecule is CCC(C(=O)O)N1CCN(C(=S)NNC(C)=C2C(=O)N(c3ccc(C(C)(C)C)cc3)N=C2C)CC1. The summed E-state index contributed by atoms with van der Waals surface area (Å²) < 4.78 is 0. The maximum atomic E-state index is 13.2. The zero-order valence-corrected chi connectivity index (χ0v) is 22.2. The summed E-state index contributed by atoms with van der Waals surface area (Å²) >= 11 is 5.52. The Morgan fingerprint density at radius 2 is 1.74 bits per heavy atom. The van der Waals surface area contributed by atoms with Crippen LogP contribution in [0.1, 0.15) is 53.5 Å². The van der Waals surface area contributed by atoms with Gasteiger partial charge in [-0.1, -0.05) is 39.8 Å². The highest BCUT2D eigenvalue weighted by Gasteiger charge is 2.31. The Morgan fingerprint density at radius 3 is 2.26 bits per heavy atom. The van der Waals surface area contributed by atoms with Crippen LogP contribution in [0.15, 0.2) is 40.6 Å². The lowest BCUT2D eigenvalue weighted by molar-refractivity contribution is -0.144. The monoisotopic (exact) mass is 500 g/mol. The molecule has 1 saturated heterocycles. The molecular formula is C25H36N6O3S. The number of nitrogens with one attached hydrogen (secondary N) is 2. The van der Waals surface area contributed by atoms with Gasteiger partial charge in [-0.05, 0) is 55.6 Å². The van der Waals surface area contributed by atoms with Gasteiger partial charge in [0.15, 0.2) is 5.11 Å². The fraction of sp³-hybridized carbons (Fsp3) is 0.520. The van der Waals surface area contributed by atoms with Crippen LogP contribution in [0.3, 0.4) is 0 Å². The minimum Gasteiger partial charge on any atom is -0.480 e. The van der Waals surface area contributed by atoms with E-state index in [0.29, 0.717) is 54.7 Å². The summed E-state index contributed by atoms with van der Waals surface area (Å²) in [6.45, 7) is 14.5. The van der Waals surface area contributed by atoms with E-state index in [1.54, 1.807) is 0 Å². The second-order valence-electron chi connectivity index (χ2n) is 9.94. The average molecular weight is 501 g/mol. The summed E-state index contributed by atoms with van der Waals surface area (Å²) in [5, 5.41) is 15.8. The molecule has 1 unspecified atom stereocenters. The summed E-state index contributed by atoms with van der Waals surface area (Å²) in [6, 6.07) is 7.42. The third-order valence-corrected chi connectivity index (χ3v) is 6.80. The number of allylic oxidation sites excluding steroid dienone is 1. The number of piperazine rings is 1. The standard InChI is InChI=1S/C25H36N6O3S/c1-7-20(23(33)34)29-12-14-30(15-13-29)24(35)27-26-16(2)21-17(3)28-31(22(21)32)19-10-8-18(9-11-19)25(4,5)6/h8-11,20,26H,7,12-15H2,1-6H3,(H,27,35)(H,33,34). The van der Waals surface area contributed by atoms with Crippen molar-refractivity contribution in [3.63, 3.8) is 0 Å². The molecule has 0 spiro atoms. The van der Waals surface area contributed by atoms with Crippen LogP contribution in [0, 0.1) is 0 Å². The van der Waals surface area contributed by atoms with E-state index < -0.39 is 12.0 Å². The number of benzene rings is 1. The van der Waals surface area contributed by atoms with E-state index in [1.165, 1.54) is 10.6 Å². The molecule has 9 nitrogen and oxygen atoms in total. The molecule has 35 heavy (non-hydrogen) atoms. The van der Waals surface area contributed by atoms with Gasteiger partial charge < -0.3 is 15.4 Å². The molecule has 1 aromatic carbocycles. The molecule has 1 aromatic rings. The molecule has 0 aromatic heterocycles.